The average Bonchev–Trinajstić information content (AvgIpc) is 2.66. The molecule has 0 aliphatic heterocycles. The summed E-state index contributed by atoms with van der Waals surface area (Å²) in [6, 6.07) is 16.9. The summed E-state index contributed by atoms with van der Waals surface area (Å²) in [5.41, 5.74) is 2.32. The molecular formula is C21H19Cl3N2O2S. The van der Waals surface area contributed by atoms with Crippen LogP contribution in [0.4, 0.5) is 0 Å². The molecule has 3 aromatic rings. The van der Waals surface area contributed by atoms with Gasteiger partial charge in [-0.15, -0.1) is 0 Å². The van der Waals surface area contributed by atoms with Crippen LogP contribution < -0.4 is 0 Å². The molecular weight excluding hydrogens is 451 g/mol. The number of sulfonamides is 1. The molecule has 0 saturated carbocycles. The van der Waals surface area contributed by atoms with E-state index in [2.05, 4.69) is 4.98 Å². The SMILES string of the molecule is Cc1cccc(CN(CCc2ccc(Cl)cc2Cl)S(=O)(=O)c2ccc(Cl)cc2)n1. The minimum atomic E-state index is -3.75. The second kappa shape index (κ2) is 9.45. The monoisotopic (exact) mass is 468 g/mol. The fourth-order valence-electron chi connectivity index (χ4n) is 2.88. The Morgan fingerprint density at radius 3 is 2.28 bits per heavy atom. The molecule has 0 aliphatic carbocycles. The van der Waals surface area contributed by atoms with E-state index in [9.17, 15) is 8.42 Å². The van der Waals surface area contributed by atoms with Gasteiger partial charge >= 0.3 is 0 Å². The third-order valence-corrected chi connectivity index (χ3v) is 7.08. The van der Waals surface area contributed by atoms with Crippen LogP contribution in [-0.2, 0) is 23.0 Å². The molecule has 29 heavy (non-hydrogen) atoms. The Kier molecular flexibility index (Phi) is 7.19. The van der Waals surface area contributed by atoms with Crippen LogP contribution in [0, 0.1) is 6.92 Å². The molecule has 0 N–H and O–H groups in total. The number of rotatable bonds is 7. The molecule has 0 spiro atoms. The van der Waals surface area contributed by atoms with Crippen LogP contribution in [0.5, 0.6) is 0 Å². The Morgan fingerprint density at radius 1 is 0.931 bits per heavy atom. The van der Waals surface area contributed by atoms with Gasteiger partial charge in [0.25, 0.3) is 0 Å². The summed E-state index contributed by atoms with van der Waals surface area (Å²) in [6.07, 6.45) is 0.439. The number of pyridine rings is 1. The zero-order chi connectivity index (χ0) is 21.0. The molecule has 0 aliphatic rings. The first-order valence-electron chi connectivity index (χ1n) is 8.88. The maximum atomic E-state index is 13.3. The lowest BCUT2D eigenvalue weighted by atomic mass is 10.1. The van der Waals surface area contributed by atoms with E-state index < -0.39 is 10.0 Å². The summed E-state index contributed by atoms with van der Waals surface area (Å²) in [5.74, 6) is 0. The highest BCUT2D eigenvalue weighted by Gasteiger charge is 2.25. The molecule has 0 atom stereocenters. The maximum Gasteiger partial charge on any atom is 0.243 e. The van der Waals surface area contributed by atoms with Crippen LogP contribution in [0.2, 0.25) is 15.1 Å². The summed E-state index contributed by atoms with van der Waals surface area (Å²) >= 11 is 18.1. The van der Waals surface area contributed by atoms with E-state index in [1.807, 2.05) is 31.2 Å². The third kappa shape index (κ3) is 5.71. The molecule has 0 bridgehead atoms. The number of hydrogen-bond acceptors (Lipinski definition) is 3. The second-order valence-corrected chi connectivity index (χ2v) is 9.77. The van der Waals surface area contributed by atoms with Crippen molar-refractivity contribution >= 4 is 44.8 Å². The van der Waals surface area contributed by atoms with E-state index in [0.29, 0.717) is 27.2 Å². The lowest BCUT2D eigenvalue weighted by Gasteiger charge is -2.22. The number of aromatic nitrogens is 1. The maximum absolute atomic E-state index is 13.3. The number of benzene rings is 2. The van der Waals surface area contributed by atoms with E-state index in [0.717, 1.165) is 11.3 Å². The highest BCUT2D eigenvalue weighted by atomic mass is 35.5. The smallest absolute Gasteiger partial charge is 0.243 e. The van der Waals surface area contributed by atoms with Crippen molar-refractivity contribution in [2.24, 2.45) is 0 Å². The Morgan fingerprint density at radius 2 is 1.62 bits per heavy atom. The van der Waals surface area contributed by atoms with Crippen LogP contribution in [-0.4, -0.2) is 24.3 Å². The third-order valence-electron chi connectivity index (χ3n) is 4.38. The van der Waals surface area contributed by atoms with Crippen molar-refractivity contribution in [3.8, 4) is 0 Å². The molecule has 0 unspecified atom stereocenters. The first kappa shape index (κ1) is 22.1. The second-order valence-electron chi connectivity index (χ2n) is 6.55. The summed E-state index contributed by atoms with van der Waals surface area (Å²) in [6.45, 7) is 2.26. The van der Waals surface area contributed by atoms with Crippen molar-refractivity contribution in [3.63, 3.8) is 0 Å². The van der Waals surface area contributed by atoms with E-state index in [-0.39, 0.29) is 18.0 Å². The van der Waals surface area contributed by atoms with Gasteiger partial charge in [0, 0.05) is 27.3 Å². The normalized spacial score (nSPS) is 11.8. The predicted molar refractivity (Wildman–Crippen MR) is 118 cm³/mol. The van der Waals surface area contributed by atoms with E-state index in [4.69, 9.17) is 34.8 Å². The molecule has 3 rings (SSSR count). The van der Waals surface area contributed by atoms with Gasteiger partial charge in [-0.3, -0.25) is 4.98 Å². The summed E-state index contributed by atoms with van der Waals surface area (Å²) in [4.78, 5) is 4.63. The number of hydrogen-bond donors (Lipinski definition) is 0. The molecule has 4 nitrogen and oxygen atoms in total. The van der Waals surface area contributed by atoms with Crippen molar-refractivity contribution in [1.82, 2.24) is 9.29 Å². The number of aryl methyl sites for hydroxylation is 1. The predicted octanol–water partition coefficient (Wildman–Crippen LogP) is 5.78. The van der Waals surface area contributed by atoms with Gasteiger partial charge in [0.05, 0.1) is 17.1 Å². The Hall–Kier alpha value is -1.63. The van der Waals surface area contributed by atoms with Gasteiger partial charge in [0.2, 0.25) is 10.0 Å². The van der Waals surface area contributed by atoms with Crippen molar-refractivity contribution in [3.05, 3.63) is 92.7 Å². The summed E-state index contributed by atoms with van der Waals surface area (Å²) < 4.78 is 28.0. The largest absolute Gasteiger partial charge is 0.257 e. The van der Waals surface area contributed by atoms with Gasteiger partial charge < -0.3 is 0 Å². The highest BCUT2D eigenvalue weighted by Crippen LogP contribution is 2.24. The lowest BCUT2D eigenvalue weighted by Crippen LogP contribution is -2.33. The highest BCUT2D eigenvalue weighted by molar-refractivity contribution is 7.89. The van der Waals surface area contributed by atoms with E-state index in [1.54, 1.807) is 24.3 Å². The van der Waals surface area contributed by atoms with Crippen LogP contribution in [0.15, 0.2) is 65.6 Å². The molecule has 0 amide bonds. The molecule has 2 aromatic carbocycles. The van der Waals surface area contributed by atoms with Crippen LogP contribution >= 0.6 is 34.8 Å². The molecule has 1 heterocycles. The lowest BCUT2D eigenvalue weighted by molar-refractivity contribution is 0.405. The quantitative estimate of drug-likeness (QED) is 0.440. The minimum absolute atomic E-state index is 0.151. The standard InChI is InChI=1S/C21H19Cl3N2O2S/c1-15-3-2-4-19(25-15)14-26(12-11-16-5-6-18(23)13-21(16)24)29(27,28)20-9-7-17(22)8-10-20/h2-10,13H,11-12,14H2,1H3. The Bertz CT molecular complexity index is 1100. The van der Waals surface area contributed by atoms with Crippen LogP contribution in [0.25, 0.3) is 0 Å². The van der Waals surface area contributed by atoms with Gasteiger partial charge in [-0.1, -0.05) is 46.9 Å². The van der Waals surface area contributed by atoms with Gasteiger partial charge in [0.1, 0.15) is 0 Å². The minimum Gasteiger partial charge on any atom is -0.257 e. The topological polar surface area (TPSA) is 50.3 Å². The first-order chi connectivity index (χ1) is 13.8. The van der Waals surface area contributed by atoms with Crippen LogP contribution in [0.3, 0.4) is 0 Å². The van der Waals surface area contributed by atoms with Crippen molar-refractivity contribution in [2.45, 2.75) is 24.8 Å². The summed E-state index contributed by atoms with van der Waals surface area (Å²) in [5, 5.41) is 1.52. The van der Waals surface area contributed by atoms with Gasteiger partial charge in [0.15, 0.2) is 0 Å². The fourth-order valence-corrected chi connectivity index (χ4v) is 4.92. The summed E-state index contributed by atoms with van der Waals surface area (Å²) in [7, 11) is -3.75. The van der Waals surface area contributed by atoms with E-state index in [1.165, 1.54) is 16.4 Å². The van der Waals surface area contributed by atoms with Crippen molar-refractivity contribution in [1.29, 1.82) is 0 Å². The van der Waals surface area contributed by atoms with E-state index >= 15 is 0 Å². The molecule has 0 saturated heterocycles. The van der Waals surface area contributed by atoms with Crippen LogP contribution in [0.1, 0.15) is 17.0 Å². The van der Waals surface area contributed by atoms with Crippen molar-refractivity contribution < 1.29 is 8.42 Å². The molecule has 8 heteroatoms. The van der Waals surface area contributed by atoms with Crippen molar-refractivity contribution in [2.75, 3.05) is 6.54 Å². The zero-order valence-corrected chi connectivity index (χ0v) is 18.7. The first-order valence-corrected chi connectivity index (χ1v) is 11.5. The number of nitrogens with zero attached hydrogens (tertiary/aromatic N) is 2. The molecule has 0 fully saturated rings. The van der Waals surface area contributed by atoms with Gasteiger partial charge in [-0.25, -0.2) is 8.42 Å². The Balaban J connectivity index is 1.91. The molecule has 152 valence electrons. The average molecular weight is 470 g/mol. The van der Waals surface area contributed by atoms with Gasteiger partial charge in [-0.2, -0.15) is 4.31 Å². The zero-order valence-electron chi connectivity index (χ0n) is 15.6. The Labute approximate surface area is 186 Å². The fraction of sp³-hybridized carbons (Fsp3) is 0.190. The molecule has 1 aromatic heterocycles. The van der Waals surface area contributed by atoms with Gasteiger partial charge in [-0.05, 0) is 67.4 Å². The molecule has 0 radical (unpaired) electrons. The number of halogens is 3.